The number of nitrogens with zero attached hydrogens (tertiary/aromatic N) is 2. The van der Waals surface area contributed by atoms with Crippen molar-refractivity contribution in [2.24, 2.45) is 4.99 Å². The molecule has 1 saturated heterocycles. The number of carbonyl (C=O) groups is 3. The van der Waals surface area contributed by atoms with Crippen LogP contribution in [0.25, 0.3) is 0 Å². The summed E-state index contributed by atoms with van der Waals surface area (Å²) in [6, 6.07) is 7.58. The number of hydrogen-bond donors (Lipinski definition) is 4. The van der Waals surface area contributed by atoms with E-state index in [1.807, 2.05) is 12.1 Å². The SMILES string of the molecule is CC(=O)OC(CNC(=O)c1ccc(N2CCC(NC3=NCCCN3)CC2)cc1)C(=O)O. The van der Waals surface area contributed by atoms with Gasteiger partial charge in [-0.05, 0) is 43.5 Å². The molecule has 0 bridgehead atoms. The van der Waals surface area contributed by atoms with E-state index in [2.05, 4.69) is 30.6 Å². The average Bonchev–Trinajstić information content (AvgIpc) is 2.77. The highest BCUT2D eigenvalue weighted by Crippen LogP contribution is 2.20. The Morgan fingerprint density at radius 2 is 1.97 bits per heavy atom. The highest BCUT2D eigenvalue weighted by Gasteiger charge is 2.23. The Kier molecular flexibility index (Phi) is 7.69. The second-order valence-electron chi connectivity index (χ2n) is 7.61. The van der Waals surface area contributed by atoms with Crippen molar-refractivity contribution in [3.8, 4) is 0 Å². The summed E-state index contributed by atoms with van der Waals surface area (Å²) in [7, 11) is 0. The Morgan fingerprint density at radius 3 is 2.55 bits per heavy atom. The number of carboxylic acids is 1. The number of aliphatic imine (C=N–C) groups is 1. The molecular formula is C21H29N5O5. The first-order chi connectivity index (χ1) is 14.9. The lowest BCUT2D eigenvalue weighted by Gasteiger charge is -2.35. The molecule has 1 unspecified atom stereocenters. The van der Waals surface area contributed by atoms with Crippen LogP contribution in [0.3, 0.4) is 0 Å². The quantitative estimate of drug-likeness (QED) is 0.455. The zero-order chi connectivity index (χ0) is 22.2. The first kappa shape index (κ1) is 22.4. The number of carbonyl (C=O) groups excluding carboxylic acids is 2. The van der Waals surface area contributed by atoms with E-state index < -0.39 is 23.9 Å². The maximum Gasteiger partial charge on any atom is 0.346 e. The maximum absolute atomic E-state index is 12.3. The monoisotopic (exact) mass is 431 g/mol. The predicted octanol–water partition coefficient (Wildman–Crippen LogP) is 0.340. The summed E-state index contributed by atoms with van der Waals surface area (Å²) < 4.78 is 4.68. The van der Waals surface area contributed by atoms with E-state index in [1.165, 1.54) is 0 Å². The van der Waals surface area contributed by atoms with Gasteiger partial charge in [-0.15, -0.1) is 0 Å². The van der Waals surface area contributed by atoms with Gasteiger partial charge in [-0.2, -0.15) is 0 Å². The largest absolute Gasteiger partial charge is 0.478 e. The van der Waals surface area contributed by atoms with Gasteiger partial charge in [0.2, 0.25) is 6.10 Å². The summed E-state index contributed by atoms with van der Waals surface area (Å²) in [5.41, 5.74) is 1.44. The van der Waals surface area contributed by atoms with Crippen LogP contribution in [0.2, 0.25) is 0 Å². The van der Waals surface area contributed by atoms with Crippen LogP contribution in [0.15, 0.2) is 29.3 Å². The van der Waals surface area contributed by atoms with Crippen molar-refractivity contribution in [1.82, 2.24) is 16.0 Å². The first-order valence-electron chi connectivity index (χ1n) is 10.5. The van der Waals surface area contributed by atoms with Crippen molar-refractivity contribution in [3.63, 3.8) is 0 Å². The molecule has 1 aromatic carbocycles. The Labute approximate surface area is 181 Å². The van der Waals surface area contributed by atoms with Crippen molar-refractivity contribution < 1.29 is 24.2 Å². The van der Waals surface area contributed by atoms with Crippen LogP contribution < -0.4 is 20.9 Å². The summed E-state index contributed by atoms with van der Waals surface area (Å²) in [6.07, 6.45) is 1.65. The van der Waals surface area contributed by atoms with Gasteiger partial charge in [0.1, 0.15) is 0 Å². The lowest BCUT2D eigenvalue weighted by molar-refractivity contribution is -0.161. The number of benzene rings is 1. The zero-order valence-corrected chi connectivity index (χ0v) is 17.6. The lowest BCUT2D eigenvalue weighted by atomic mass is 10.0. The summed E-state index contributed by atoms with van der Waals surface area (Å²) in [5.74, 6) is -1.55. The Balaban J connectivity index is 1.47. The number of esters is 1. The molecule has 0 saturated carbocycles. The van der Waals surface area contributed by atoms with E-state index >= 15 is 0 Å². The number of ether oxygens (including phenoxy) is 1. The standard InChI is InChI=1S/C21H29N5O5/c1-14(27)31-18(20(29)30)13-24-19(28)15-3-5-17(6-4-15)26-11-7-16(8-12-26)25-21-22-9-2-10-23-21/h3-6,16,18H,2,7-13H2,1H3,(H,24,28)(H,29,30)(H2,22,23,25). The highest BCUT2D eigenvalue weighted by molar-refractivity contribution is 5.95. The number of amides is 1. The number of aliphatic carboxylic acids is 1. The van der Waals surface area contributed by atoms with Crippen LogP contribution in [-0.2, 0) is 14.3 Å². The van der Waals surface area contributed by atoms with Crippen LogP contribution in [0.4, 0.5) is 5.69 Å². The molecule has 2 heterocycles. The third-order valence-corrected chi connectivity index (χ3v) is 5.26. The third kappa shape index (κ3) is 6.59. The highest BCUT2D eigenvalue weighted by atomic mass is 16.6. The predicted molar refractivity (Wildman–Crippen MR) is 115 cm³/mol. The maximum atomic E-state index is 12.3. The minimum atomic E-state index is -1.41. The fourth-order valence-corrected chi connectivity index (χ4v) is 3.60. The smallest absolute Gasteiger partial charge is 0.346 e. The molecule has 0 spiro atoms. The van der Waals surface area contributed by atoms with Gasteiger partial charge in [0.05, 0.1) is 6.54 Å². The van der Waals surface area contributed by atoms with Crippen molar-refractivity contribution in [1.29, 1.82) is 0 Å². The molecular weight excluding hydrogens is 402 g/mol. The minimum Gasteiger partial charge on any atom is -0.478 e. The lowest BCUT2D eigenvalue weighted by Crippen LogP contribution is -2.50. The molecule has 10 nitrogen and oxygen atoms in total. The van der Waals surface area contributed by atoms with E-state index in [9.17, 15) is 14.4 Å². The normalized spacial score (nSPS) is 17.7. The number of piperidine rings is 1. The van der Waals surface area contributed by atoms with E-state index in [4.69, 9.17) is 5.11 Å². The van der Waals surface area contributed by atoms with Gasteiger partial charge in [-0.1, -0.05) is 0 Å². The van der Waals surface area contributed by atoms with Gasteiger partial charge in [0.15, 0.2) is 5.96 Å². The molecule has 0 radical (unpaired) electrons. The van der Waals surface area contributed by atoms with Gasteiger partial charge in [-0.3, -0.25) is 14.6 Å². The molecule has 0 aromatic heterocycles. The van der Waals surface area contributed by atoms with E-state index in [0.717, 1.165) is 64.0 Å². The summed E-state index contributed by atoms with van der Waals surface area (Å²) in [4.78, 5) is 41.1. The van der Waals surface area contributed by atoms with Crippen LogP contribution in [0, 0.1) is 0 Å². The van der Waals surface area contributed by atoms with Crippen LogP contribution in [0.5, 0.6) is 0 Å². The van der Waals surface area contributed by atoms with E-state index in [-0.39, 0.29) is 6.54 Å². The molecule has 3 rings (SSSR count). The van der Waals surface area contributed by atoms with E-state index in [0.29, 0.717) is 11.6 Å². The van der Waals surface area contributed by atoms with Gasteiger partial charge in [-0.25, -0.2) is 4.79 Å². The summed E-state index contributed by atoms with van der Waals surface area (Å²) in [5, 5.41) is 18.3. The van der Waals surface area contributed by atoms with Crippen LogP contribution in [-0.4, -0.2) is 73.8 Å². The molecule has 2 aliphatic heterocycles. The molecule has 4 N–H and O–H groups in total. The molecule has 1 amide bonds. The first-order valence-corrected chi connectivity index (χ1v) is 10.5. The van der Waals surface area contributed by atoms with Crippen molar-refractivity contribution in [2.75, 3.05) is 37.6 Å². The van der Waals surface area contributed by atoms with E-state index in [1.54, 1.807) is 12.1 Å². The Hall–Kier alpha value is -3.30. The number of anilines is 1. The number of rotatable bonds is 7. The number of nitrogens with one attached hydrogen (secondary N) is 3. The third-order valence-electron chi connectivity index (χ3n) is 5.26. The average molecular weight is 431 g/mol. The molecule has 1 aromatic rings. The molecule has 1 atom stereocenters. The molecule has 0 aliphatic carbocycles. The topological polar surface area (TPSA) is 132 Å². The molecule has 1 fully saturated rings. The van der Waals surface area contributed by atoms with Gasteiger partial charge in [0.25, 0.3) is 5.91 Å². The van der Waals surface area contributed by atoms with Crippen molar-refractivity contribution in [3.05, 3.63) is 29.8 Å². The second-order valence-corrected chi connectivity index (χ2v) is 7.61. The fourth-order valence-electron chi connectivity index (χ4n) is 3.60. The van der Waals surface area contributed by atoms with Crippen LogP contribution in [0.1, 0.15) is 36.5 Å². The molecule has 168 valence electrons. The Morgan fingerprint density at radius 1 is 1.26 bits per heavy atom. The summed E-state index contributed by atoms with van der Waals surface area (Å²) in [6.45, 7) is 4.46. The van der Waals surface area contributed by atoms with Crippen LogP contribution >= 0.6 is 0 Å². The minimum absolute atomic E-state index is 0.295. The molecule has 10 heteroatoms. The number of carboxylic acid groups (broad SMARTS) is 1. The second kappa shape index (κ2) is 10.6. The molecule has 2 aliphatic rings. The summed E-state index contributed by atoms with van der Waals surface area (Å²) >= 11 is 0. The number of hydrogen-bond acceptors (Lipinski definition) is 8. The fraction of sp³-hybridized carbons (Fsp3) is 0.524. The van der Waals surface area contributed by atoms with Gasteiger partial charge >= 0.3 is 11.9 Å². The van der Waals surface area contributed by atoms with Gasteiger partial charge < -0.3 is 30.7 Å². The molecule has 31 heavy (non-hydrogen) atoms. The van der Waals surface area contributed by atoms with Crippen molar-refractivity contribution >= 4 is 29.5 Å². The Bertz CT molecular complexity index is 818. The van der Waals surface area contributed by atoms with Crippen molar-refractivity contribution in [2.45, 2.75) is 38.3 Å². The van der Waals surface area contributed by atoms with Gasteiger partial charge in [0, 0.05) is 50.4 Å². The zero-order valence-electron chi connectivity index (χ0n) is 17.6. The number of guanidine groups is 1.